The first kappa shape index (κ1) is 17.5. The fourth-order valence-corrected chi connectivity index (χ4v) is 4.05. The Morgan fingerprint density at radius 3 is 2.48 bits per heavy atom. The Balaban J connectivity index is 1.40. The number of methoxy groups -OCH3 is 1. The molecule has 1 N–H and O–H groups in total. The second-order valence-electron chi connectivity index (χ2n) is 6.92. The van der Waals surface area contributed by atoms with E-state index in [-0.39, 0.29) is 12.6 Å². The van der Waals surface area contributed by atoms with Crippen LogP contribution in [-0.2, 0) is 19.1 Å². The molecule has 3 atom stereocenters. The number of carbonyl (C=O) groups excluding carboxylic acids is 3. The number of hydrogen-bond acceptors (Lipinski definition) is 5. The number of hydrogen-bond donors (Lipinski definition) is 1. The predicted octanol–water partition coefficient (Wildman–Crippen LogP) is 2.78. The third kappa shape index (κ3) is 4.38. The highest BCUT2D eigenvalue weighted by atomic mass is 16.5. The van der Waals surface area contributed by atoms with Gasteiger partial charge in [-0.05, 0) is 61.3 Å². The number of nitrogens with one attached hydrogen (secondary N) is 1. The van der Waals surface area contributed by atoms with E-state index in [1.54, 1.807) is 24.3 Å². The summed E-state index contributed by atoms with van der Waals surface area (Å²) in [6.07, 6.45) is 5.32. The van der Waals surface area contributed by atoms with E-state index in [0.717, 1.165) is 12.3 Å². The van der Waals surface area contributed by atoms with Crippen LogP contribution in [0.2, 0.25) is 0 Å². The van der Waals surface area contributed by atoms with Crippen molar-refractivity contribution in [1.82, 2.24) is 0 Å². The number of fused-ring (bicyclic) bond motifs is 2. The monoisotopic (exact) mass is 345 g/mol. The van der Waals surface area contributed by atoms with Crippen molar-refractivity contribution in [3.63, 3.8) is 0 Å². The topological polar surface area (TPSA) is 81.7 Å². The van der Waals surface area contributed by atoms with Crippen LogP contribution in [0.25, 0.3) is 0 Å². The number of amides is 1. The summed E-state index contributed by atoms with van der Waals surface area (Å²) in [5.74, 6) is 0.757. The highest BCUT2D eigenvalue weighted by molar-refractivity contribution is 5.94. The second-order valence-corrected chi connectivity index (χ2v) is 6.92. The van der Waals surface area contributed by atoms with E-state index >= 15 is 0 Å². The molecule has 2 bridgehead atoms. The number of rotatable bonds is 6. The molecule has 6 heteroatoms. The van der Waals surface area contributed by atoms with Gasteiger partial charge in [0.2, 0.25) is 0 Å². The number of esters is 2. The standard InChI is InChI=1S/C19H23NO5/c1-24-19(23)13-4-6-16(7-5-13)20-17(21)11-25-18(22)10-15-9-12-2-3-14(15)8-12/h4-7,12,14-15H,2-3,8-11H2,1H3,(H,20,21). The summed E-state index contributed by atoms with van der Waals surface area (Å²) in [5, 5.41) is 2.63. The molecule has 0 radical (unpaired) electrons. The fraction of sp³-hybridized carbons (Fsp3) is 0.526. The van der Waals surface area contributed by atoms with E-state index < -0.39 is 11.9 Å². The number of ether oxygens (including phenoxy) is 2. The van der Waals surface area contributed by atoms with Gasteiger partial charge in [0.25, 0.3) is 5.91 Å². The lowest BCUT2D eigenvalue weighted by molar-refractivity contribution is -0.148. The van der Waals surface area contributed by atoms with E-state index in [2.05, 4.69) is 10.1 Å². The number of benzene rings is 1. The lowest BCUT2D eigenvalue weighted by Crippen LogP contribution is -2.23. The van der Waals surface area contributed by atoms with Crippen LogP contribution in [0.5, 0.6) is 0 Å². The Morgan fingerprint density at radius 2 is 1.88 bits per heavy atom. The van der Waals surface area contributed by atoms with Gasteiger partial charge < -0.3 is 14.8 Å². The Morgan fingerprint density at radius 1 is 1.12 bits per heavy atom. The maximum Gasteiger partial charge on any atom is 0.337 e. The van der Waals surface area contributed by atoms with Gasteiger partial charge in [-0.1, -0.05) is 6.42 Å². The zero-order chi connectivity index (χ0) is 17.8. The summed E-state index contributed by atoms with van der Waals surface area (Å²) in [7, 11) is 1.31. The second kappa shape index (κ2) is 7.68. The molecule has 0 heterocycles. The molecule has 1 aromatic rings. The van der Waals surface area contributed by atoms with Crippen LogP contribution in [0, 0.1) is 17.8 Å². The van der Waals surface area contributed by atoms with Crippen LogP contribution < -0.4 is 5.32 Å². The molecule has 1 amide bonds. The van der Waals surface area contributed by atoms with Crippen molar-refractivity contribution in [2.45, 2.75) is 32.1 Å². The van der Waals surface area contributed by atoms with E-state index in [0.29, 0.717) is 29.5 Å². The van der Waals surface area contributed by atoms with Gasteiger partial charge in [-0.3, -0.25) is 9.59 Å². The summed E-state index contributed by atoms with van der Waals surface area (Å²) in [6, 6.07) is 6.31. The molecule has 0 saturated heterocycles. The third-order valence-electron chi connectivity index (χ3n) is 5.27. The predicted molar refractivity (Wildman–Crippen MR) is 90.9 cm³/mol. The van der Waals surface area contributed by atoms with E-state index in [1.807, 2.05) is 0 Å². The van der Waals surface area contributed by atoms with E-state index in [4.69, 9.17) is 4.74 Å². The molecule has 2 saturated carbocycles. The van der Waals surface area contributed by atoms with Gasteiger partial charge in [-0.2, -0.15) is 0 Å². The van der Waals surface area contributed by atoms with Crippen LogP contribution in [0.15, 0.2) is 24.3 Å². The average molecular weight is 345 g/mol. The lowest BCUT2D eigenvalue weighted by atomic mass is 9.86. The summed E-state index contributed by atoms with van der Waals surface area (Å²) in [5.41, 5.74) is 0.930. The third-order valence-corrected chi connectivity index (χ3v) is 5.27. The van der Waals surface area contributed by atoms with Crippen LogP contribution in [0.3, 0.4) is 0 Å². The normalized spacial score (nSPS) is 24.0. The number of anilines is 1. The zero-order valence-electron chi connectivity index (χ0n) is 14.3. The lowest BCUT2D eigenvalue weighted by Gasteiger charge is -2.20. The molecule has 0 aromatic heterocycles. The fourth-order valence-electron chi connectivity index (χ4n) is 4.05. The molecule has 6 nitrogen and oxygen atoms in total. The molecule has 25 heavy (non-hydrogen) atoms. The Labute approximate surface area is 146 Å². The largest absolute Gasteiger partial charge is 0.465 e. The molecule has 2 aliphatic rings. The van der Waals surface area contributed by atoms with E-state index in [9.17, 15) is 14.4 Å². The van der Waals surface area contributed by atoms with Gasteiger partial charge in [0.05, 0.1) is 12.7 Å². The van der Waals surface area contributed by atoms with Crippen LogP contribution in [0.1, 0.15) is 42.5 Å². The molecule has 3 rings (SSSR count). The molecule has 3 unspecified atom stereocenters. The SMILES string of the molecule is COC(=O)c1ccc(NC(=O)COC(=O)CC2CC3CCC2C3)cc1. The van der Waals surface area contributed by atoms with Crippen LogP contribution in [-0.4, -0.2) is 31.6 Å². The Bertz CT molecular complexity index is 654. The van der Waals surface area contributed by atoms with Gasteiger partial charge in [-0.25, -0.2) is 4.79 Å². The van der Waals surface area contributed by atoms with Crippen LogP contribution >= 0.6 is 0 Å². The maximum absolute atomic E-state index is 11.9. The zero-order valence-corrected chi connectivity index (χ0v) is 14.3. The van der Waals surface area contributed by atoms with Crippen molar-refractivity contribution in [2.75, 3.05) is 19.0 Å². The molecular formula is C19H23NO5. The van der Waals surface area contributed by atoms with Crippen molar-refractivity contribution < 1.29 is 23.9 Å². The summed E-state index contributed by atoms with van der Waals surface area (Å²) < 4.78 is 9.71. The average Bonchev–Trinajstić information content (AvgIpc) is 3.23. The first-order valence-corrected chi connectivity index (χ1v) is 8.69. The minimum Gasteiger partial charge on any atom is -0.465 e. The minimum atomic E-state index is -0.438. The maximum atomic E-state index is 11.9. The van der Waals surface area contributed by atoms with Gasteiger partial charge in [0, 0.05) is 12.1 Å². The van der Waals surface area contributed by atoms with Gasteiger partial charge in [0.1, 0.15) is 0 Å². The van der Waals surface area contributed by atoms with Gasteiger partial charge >= 0.3 is 11.9 Å². The summed E-state index contributed by atoms with van der Waals surface area (Å²) >= 11 is 0. The molecule has 0 aliphatic heterocycles. The molecule has 2 aliphatic carbocycles. The summed E-state index contributed by atoms with van der Waals surface area (Å²) in [4.78, 5) is 35.2. The highest BCUT2D eigenvalue weighted by Crippen LogP contribution is 2.49. The van der Waals surface area contributed by atoms with Gasteiger partial charge in [-0.15, -0.1) is 0 Å². The first-order chi connectivity index (χ1) is 12.0. The van der Waals surface area contributed by atoms with E-state index in [1.165, 1.54) is 26.4 Å². The minimum absolute atomic E-state index is 0.293. The summed E-state index contributed by atoms with van der Waals surface area (Å²) in [6.45, 7) is -0.293. The molecule has 1 aromatic carbocycles. The smallest absolute Gasteiger partial charge is 0.337 e. The highest BCUT2D eigenvalue weighted by Gasteiger charge is 2.40. The molecule has 2 fully saturated rings. The molecule has 0 spiro atoms. The van der Waals surface area contributed by atoms with Crippen molar-refractivity contribution in [3.05, 3.63) is 29.8 Å². The van der Waals surface area contributed by atoms with Gasteiger partial charge in [0.15, 0.2) is 6.61 Å². The Hall–Kier alpha value is -2.37. The molecule has 134 valence electrons. The van der Waals surface area contributed by atoms with Crippen molar-refractivity contribution in [3.8, 4) is 0 Å². The first-order valence-electron chi connectivity index (χ1n) is 8.69. The molecular weight excluding hydrogens is 322 g/mol. The number of carbonyl (C=O) groups is 3. The van der Waals surface area contributed by atoms with Crippen molar-refractivity contribution in [1.29, 1.82) is 0 Å². The van der Waals surface area contributed by atoms with Crippen LogP contribution in [0.4, 0.5) is 5.69 Å². The Kier molecular flexibility index (Phi) is 5.36. The quantitative estimate of drug-likeness (QED) is 0.802. The van der Waals surface area contributed by atoms with Crippen molar-refractivity contribution in [2.24, 2.45) is 17.8 Å². The van der Waals surface area contributed by atoms with Crippen molar-refractivity contribution >= 4 is 23.5 Å².